The molecule has 0 spiro atoms. The summed E-state index contributed by atoms with van der Waals surface area (Å²) in [6, 6.07) is 15.1. The number of rotatable bonds is 5. The van der Waals surface area contributed by atoms with Crippen molar-refractivity contribution in [2.75, 3.05) is 26.3 Å². The van der Waals surface area contributed by atoms with Gasteiger partial charge in [-0.1, -0.05) is 30.3 Å². The van der Waals surface area contributed by atoms with Gasteiger partial charge >= 0.3 is 0 Å². The van der Waals surface area contributed by atoms with Crippen molar-refractivity contribution in [3.05, 3.63) is 75.8 Å². The van der Waals surface area contributed by atoms with Gasteiger partial charge in [0.05, 0.1) is 18.2 Å². The summed E-state index contributed by atoms with van der Waals surface area (Å²) in [5.41, 5.74) is 2.08. The Morgan fingerprint density at radius 1 is 1.06 bits per heavy atom. The number of likely N-dealkylation sites (tertiary alicyclic amines) is 1. The van der Waals surface area contributed by atoms with Gasteiger partial charge in [0.15, 0.2) is 17.3 Å². The molecule has 2 N–H and O–H groups in total. The Morgan fingerprint density at radius 3 is 2.57 bits per heavy atom. The molecule has 0 amide bonds. The summed E-state index contributed by atoms with van der Waals surface area (Å²) in [6.07, 6.45) is 0.910. The molecule has 0 radical (unpaired) electrons. The molecule has 2 aromatic carbocycles. The van der Waals surface area contributed by atoms with E-state index in [9.17, 15) is 9.90 Å². The van der Waals surface area contributed by atoms with E-state index < -0.39 is 6.04 Å². The fourth-order valence-electron chi connectivity index (χ4n) is 4.88. The predicted octanol–water partition coefficient (Wildman–Crippen LogP) is 1.88. The van der Waals surface area contributed by atoms with Gasteiger partial charge in [-0.3, -0.25) is 9.69 Å². The first-order valence-electron chi connectivity index (χ1n) is 11.8. The number of piperidine rings is 1. The molecule has 1 saturated heterocycles. The first-order chi connectivity index (χ1) is 17.2. The Labute approximate surface area is 201 Å². The molecule has 180 valence electrons. The van der Waals surface area contributed by atoms with Crippen molar-refractivity contribution in [1.82, 2.24) is 30.1 Å². The number of nitrogens with zero attached hydrogens (tertiary/aromatic N) is 5. The Kier molecular flexibility index (Phi) is 5.67. The number of hydrogen-bond acceptors (Lipinski definition) is 8. The number of aliphatic hydroxyl groups is 1. The average Bonchev–Trinajstić information content (AvgIpc) is 3.32. The van der Waals surface area contributed by atoms with Gasteiger partial charge in [-0.05, 0) is 41.0 Å². The third kappa shape index (κ3) is 4.26. The highest BCUT2D eigenvalue weighted by Gasteiger charge is 2.33. The molecule has 0 bridgehead atoms. The maximum absolute atomic E-state index is 13.4. The highest BCUT2D eigenvalue weighted by molar-refractivity contribution is 5.83. The van der Waals surface area contributed by atoms with Crippen molar-refractivity contribution in [2.24, 2.45) is 0 Å². The van der Waals surface area contributed by atoms with Crippen LogP contribution >= 0.6 is 0 Å². The van der Waals surface area contributed by atoms with Crippen molar-refractivity contribution in [3.8, 4) is 11.5 Å². The zero-order valence-corrected chi connectivity index (χ0v) is 19.1. The van der Waals surface area contributed by atoms with Gasteiger partial charge in [0.25, 0.3) is 5.56 Å². The summed E-state index contributed by atoms with van der Waals surface area (Å²) < 4.78 is 13.2. The number of aromatic amines is 1. The van der Waals surface area contributed by atoms with E-state index >= 15 is 0 Å². The molecular weight excluding hydrogens is 448 g/mol. The second kappa shape index (κ2) is 9.12. The fraction of sp³-hybridized carbons (Fsp3) is 0.360. The quantitative estimate of drug-likeness (QED) is 0.450. The monoisotopic (exact) mass is 474 g/mol. The molecule has 2 aromatic heterocycles. The van der Waals surface area contributed by atoms with Crippen molar-refractivity contribution in [3.63, 3.8) is 0 Å². The zero-order chi connectivity index (χ0) is 23.8. The van der Waals surface area contributed by atoms with E-state index in [1.165, 1.54) is 0 Å². The van der Waals surface area contributed by atoms with Gasteiger partial charge in [-0.25, -0.2) is 4.68 Å². The largest absolute Gasteiger partial charge is 0.486 e. The highest BCUT2D eigenvalue weighted by Crippen LogP contribution is 2.35. The number of nitrogens with one attached hydrogen (secondary N) is 1. The van der Waals surface area contributed by atoms with Gasteiger partial charge in [-0.2, -0.15) is 0 Å². The third-order valence-electron chi connectivity index (χ3n) is 6.67. The minimum Gasteiger partial charge on any atom is -0.486 e. The Morgan fingerprint density at radius 2 is 1.80 bits per heavy atom. The van der Waals surface area contributed by atoms with Crippen LogP contribution in [0.25, 0.3) is 10.9 Å². The van der Waals surface area contributed by atoms with Gasteiger partial charge < -0.3 is 19.6 Å². The maximum atomic E-state index is 13.4. The minimum atomic E-state index is -0.470. The van der Waals surface area contributed by atoms with Crippen LogP contribution in [0.2, 0.25) is 0 Å². The molecule has 35 heavy (non-hydrogen) atoms. The van der Waals surface area contributed by atoms with E-state index in [0.717, 1.165) is 10.9 Å². The number of fused-ring (bicyclic) bond motifs is 2. The van der Waals surface area contributed by atoms with Crippen molar-refractivity contribution < 1.29 is 14.6 Å². The van der Waals surface area contributed by atoms with Crippen LogP contribution in [0.5, 0.6) is 11.5 Å². The van der Waals surface area contributed by atoms with Crippen molar-refractivity contribution in [1.29, 1.82) is 0 Å². The number of hydrogen-bond donors (Lipinski definition) is 2. The fourth-order valence-corrected chi connectivity index (χ4v) is 4.88. The first kappa shape index (κ1) is 21.8. The molecule has 4 heterocycles. The SMILES string of the molecule is O=c1[nH]c2cc3c(cc2cc1[C@H](c1nnnn1Cc1ccccc1)N1CCC(O)CC1)OCCO3. The summed E-state index contributed by atoms with van der Waals surface area (Å²) in [6.45, 7) is 2.71. The van der Waals surface area contributed by atoms with Gasteiger partial charge in [0, 0.05) is 30.1 Å². The number of aromatic nitrogens is 5. The molecule has 10 nitrogen and oxygen atoms in total. The molecule has 2 aliphatic rings. The summed E-state index contributed by atoms with van der Waals surface area (Å²) in [4.78, 5) is 18.6. The molecule has 1 atom stereocenters. The molecule has 0 saturated carbocycles. The molecule has 6 rings (SSSR count). The number of tetrazole rings is 1. The Balaban J connectivity index is 1.46. The minimum absolute atomic E-state index is 0.209. The van der Waals surface area contributed by atoms with Crippen molar-refractivity contribution in [2.45, 2.75) is 31.5 Å². The molecule has 0 unspecified atom stereocenters. The maximum Gasteiger partial charge on any atom is 0.253 e. The second-order valence-electron chi connectivity index (χ2n) is 8.99. The normalized spacial score (nSPS) is 17.5. The van der Waals surface area contributed by atoms with Crippen LogP contribution in [0, 0.1) is 0 Å². The van der Waals surface area contributed by atoms with Gasteiger partial charge in [-0.15, -0.1) is 5.10 Å². The van der Waals surface area contributed by atoms with Crippen LogP contribution in [0.1, 0.15) is 35.8 Å². The number of ether oxygens (including phenoxy) is 2. The van der Waals surface area contributed by atoms with E-state index in [4.69, 9.17) is 9.47 Å². The van der Waals surface area contributed by atoms with Crippen LogP contribution in [-0.2, 0) is 6.54 Å². The smallest absolute Gasteiger partial charge is 0.253 e. The van der Waals surface area contributed by atoms with E-state index in [1.807, 2.05) is 42.5 Å². The summed E-state index contributed by atoms with van der Waals surface area (Å²) >= 11 is 0. The second-order valence-corrected chi connectivity index (χ2v) is 8.99. The van der Waals surface area contributed by atoms with Crippen LogP contribution in [-0.4, -0.2) is 67.6 Å². The molecule has 10 heteroatoms. The topological polar surface area (TPSA) is 118 Å². The van der Waals surface area contributed by atoms with Crippen molar-refractivity contribution >= 4 is 10.9 Å². The van der Waals surface area contributed by atoms with Gasteiger partial charge in [0.2, 0.25) is 0 Å². The third-order valence-corrected chi connectivity index (χ3v) is 6.67. The van der Waals surface area contributed by atoms with E-state index in [1.54, 1.807) is 10.7 Å². The van der Waals surface area contributed by atoms with Crippen LogP contribution in [0.15, 0.2) is 53.3 Å². The number of H-pyrrole nitrogens is 1. The van der Waals surface area contributed by atoms with Gasteiger partial charge in [0.1, 0.15) is 19.3 Å². The summed E-state index contributed by atoms with van der Waals surface area (Å²) in [7, 11) is 0. The summed E-state index contributed by atoms with van der Waals surface area (Å²) in [5.74, 6) is 1.88. The van der Waals surface area contributed by atoms with E-state index in [-0.39, 0.29) is 11.7 Å². The standard InChI is InChI=1S/C25H26N6O4/c32-18-6-8-30(9-7-18)23(24-27-28-29-31(24)15-16-4-2-1-3-5-16)19-12-17-13-21-22(35-11-10-34-21)14-20(17)26-25(19)33/h1-5,12-14,18,23,32H,6-11,15H2,(H,26,33)/t23-/m1/s1. The van der Waals surface area contributed by atoms with E-state index in [0.29, 0.717) is 74.1 Å². The van der Waals surface area contributed by atoms with E-state index in [2.05, 4.69) is 25.4 Å². The molecule has 4 aromatic rings. The molecule has 2 aliphatic heterocycles. The average molecular weight is 475 g/mol. The lowest BCUT2D eigenvalue weighted by Crippen LogP contribution is -2.41. The Bertz CT molecular complexity index is 1390. The molecule has 0 aliphatic carbocycles. The lowest BCUT2D eigenvalue weighted by molar-refractivity contribution is 0.0659. The van der Waals surface area contributed by atoms with Crippen LogP contribution in [0.4, 0.5) is 0 Å². The summed E-state index contributed by atoms with van der Waals surface area (Å²) in [5, 5.41) is 23.5. The predicted molar refractivity (Wildman–Crippen MR) is 128 cm³/mol. The Hall–Kier alpha value is -3.76. The number of aliphatic hydroxyl groups excluding tert-OH is 1. The lowest BCUT2D eigenvalue weighted by atomic mass is 9.99. The highest BCUT2D eigenvalue weighted by atomic mass is 16.6. The zero-order valence-electron chi connectivity index (χ0n) is 19.1. The number of pyridine rings is 1. The molecular formula is C25H26N6O4. The lowest BCUT2D eigenvalue weighted by Gasteiger charge is -2.35. The number of benzene rings is 2. The molecule has 1 fully saturated rings. The van der Waals surface area contributed by atoms with Crippen LogP contribution in [0.3, 0.4) is 0 Å². The van der Waals surface area contributed by atoms with Crippen LogP contribution < -0.4 is 15.0 Å². The first-order valence-corrected chi connectivity index (χ1v) is 11.8.